The minimum atomic E-state index is -4.44. The Hall–Kier alpha value is 0.870. The van der Waals surface area contributed by atoms with Crippen LogP contribution >= 0.6 is 29.1 Å². The molecule has 0 aromatic heterocycles. The highest BCUT2D eigenvalue weighted by atomic mass is 35.9. The Bertz CT molecular complexity index is 23.1. The lowest BCUT2D eigenvalue weighted by Gasteiger charge is -1.67. The smallest absolute Gasteiger partial charge is 0.0197 e. The summed E-state index contributed by atoms with van der Waals surface area (Å²) in [6.45, 7) is -4.44. The molecule has 0 fully saturated rings. The lowest BCUT2D eigenvalue weighted by atomic mass is 18.8. The first-order valence-electron chi connectivity index (χ1n) is 0.676. The lowest BCUT2D eigenvalue weighted by Crippen LogP contribution is -1.30. The van der Waals surface area contributed by atoms with Crippen LogP contribution in [0, 0.1) is 0 Å². The molecule has 0 amide bonds. The average molecular weight is 140 g/mol. The predicted molar refractivity (Wildman–Crippen MR) is 20.8 cm³/mol. The molecule has 0 heterocycles. The van der Waals surface area contributed by atoms with E-state index in [0.717, 1.165) is 0 Å². The second kappa shape index (κ2) is 1.55. The molecule has 5 heteroatoms. The Morgan fingerprint density at radius 2 is 1.20 bits per heavy atom. The minimum Gasteiger partial charge on any atom is 0.0197 e. The summed E-state index contributed by atoms with van der Waals surface area (Å²) < 4.78 is 21.3. The second-order valence-corrected chi connectivity index (χ2v) is 4.22. The van der Waals surface area contributed by atoms with Crippen LogP contribution in [0.4, 0.5) is 8.39 Å². The molecule has 0 atom stereocenters. The zero-order valence-electron chi connectivity index (χ0n) is 1.96. The predicted octanol–water partition coefficient (Wildman–Crippen LogP) is 3.08. The summed E-state index contributed by atoms with van der Waals surface area (Å²) in [5.41, 5.74) is 0. The molecule has 0 aromatic rings. The fourth-order valence-electron chi connectivity index (χ4n) is 0. The topological polar surface area (TPSA) is 0 Å². The van der Waals surface area contributed by atoms with Crippen LogP contribution in [0.5, 0.6) is 0 Å². The molecule has 32 valence electrons. The zero-order valence-corrected chi connectivity index (χ0v) is 4.37. The van der Waals surface area contributed by atoms with Gasteiger partial charge in [-0.05, 0) is 0 Å². The van der Waals surface area contributed by atoms with Crippen LogP contribution in [-0.4, -0.2) is 0 Å². The number of hydrogen-bond acceptors (Lipinski definition) is 0. The molecule has 0 saturated carbocycles. The lowest BCUT2D eigenvalue weighted by molar-refractivity contribution is 0.762. The highest BCUT2D eigenvalue weighted by molar-refractivity contribution is 8.10. The monoisotopic (exact) mass is 139 g/mol. The van der Waals surface area contributed by atoms with Crippen LogP contribution in [-0.2, 0) is 0 Å². The molecule has 0 aliphatic rings. The van der Waals surface area contributed by atoms with Gasteiger partial charge in [0.25, 0.3) is 0 Å². The number of rotatable bonds is 0. The molecule has 0 aliphatic heterocycles. The van der Waals surface area contributed by atoms with Crippen LogP contribution in [0.2, 0.25) is 0 Å². The summed E-state index contributed by atoms with van der Waals surface area (Å²) in [6.07, 6.45) is 0. The Kier molecular flexibility index (Phi) is 1.81. The van der Waals surface area contributed by atoms with Gasteiger partial charge in [0, 0.05) is 8.39 Å². The highest BCUT2D eigenvalue weighted by Gasteiger charge is 2.36. The second-order valence-electron chi connectivity index (χ2n) is 0.383. The van der Waals surface area contributed by atoms with Gasteiger partial charge in [-0.15, -0.1) is 0 Å². The fraction of sp³-hybridized carbons (Fsp3) is 0. The first-order chi connectivity index (χ1) is 2.00. The fourth-order valence-corrected chi connectivity index (χ4v) is 0. The van der Waals surface area contributed by atoms with Gasteiger partial charge in [0.15, 0.2) is 22.5 Å². The van der Waals surface area contributed by atoms with Crippen molar-refractivity contribution in [2.45, 2.75) is 0 Å². The molecule has 0 bridgehead atoms. The normalized spacial score (nSPS) is 12.0. The van der Waals surface area contributed by atoms with Crippen LogP contribution < -0.4 is 0 Å². The Morgan fingerprint density at radius 1 is 1.20 bits per heavy atom. The molecule has 0 N–H and O–H groups in total. The van der Waals surface area contributed by atoms with Crippen molar-refractivity contribution < 1.29 is 8.39 Å². The van der Waals surface area contributed by atoms with E-state index in [9.17, 15) is 8.39 Å². The molecule has 5 heavy (non-hydrogen) atoms. The van der Waals surface area contributed by atoms with Gasteiger partial charge in [-0.3, -0.25) is 0 Å². The Labute approximate surface area is 38.2 Å². The third-order valence-electron chi connectivity index (χ3n) is 0. The van der Waals surface area contributed by atoms with Gasteiger partial charge in [0.2, 0.25) is 0 Å². The van der Waals surface area contributed by atoms with E-state index in [1.54, 1.807) is 0 Å². The van der Waals surface area contributed by atoms with Crippen molar-refractivity contribution in [3.8, 4) is 0 Å². The molecule has 0 spiro atoms. The van der Waals surface area contributed by atoms with E-state index in [1.807, 2.05) is 0 Å². The van der Waals surface area contributed by atoms with Crippen LogP contribution in [0.15, 0.2) is 0 Å². The van der Waals surface area contributed by atoms with Crippen LogP contribution in [0.3, 0.4) is 0 Å². The third-order valence-corrected chi connectivity index (χ3v) is 0. The van der Waals surface area contributed by atoms with E-state index in [1.165, 1.54) is 0 Å². The average Bonchev–Trinajstić information content (AvgIpc) is 0.722. The van der Waals surface area contributed by atoms with E-state index >= 15 is 0 Å². The van der Waals surface area contributed by atoms with Crippen molar-refractivity contribution in [1.29, 1.82) is 0 Å². The first-order valence-corrected chi connectivity index (χ1v) is 4.06. The number of halogens is 4. The SMILES string of the molecule is F[P+](F)(Cl)Cl. The summed E-state index contributed by atoms with van der Waals surface area (Å²) in [7, 11) is 0. The minimum absolute atomic E-state index is 4.07. The van der Waals surface area contributed by atoms with Crippen molar-refractivity contribution >= 4 is 29.1 Å². The molecule has 0 radical (unpaired) electrons. The van der Waals surface area contributed by atoms with Crippen molar-refractivity contribution in [3.63, 3.8) is 0 Å². The van der Waals surface area contributed by atoms with Crippen molar-refractivity contribution in [2.75, 3.05) is 0 Å². The van der Waals surface area contributed by atoms with Crippen LogP contribution in [0.25, 0.3) is 0 Å². The summed E-state index contributed by atoms with van der Waals surface area (Å²) in [5, 5.41) is 0. The van der Waals surface area contributed by atoms with Crippen molar-refractivity contribution in [3.05, 3.63) is 0 Å². The molecule has 0 unspecified atom stereocenters. The molecule has 0 rings (SSSR count). The van der Waals surface area contributed by atoms with Crippen molar-refractivity contribution in [1.82, 2.24) is 0 Å². The van der Waals surface area contributed by atoms with Crippen LogP contribution in [0.1, 0.15) is 0 Å². The summed E-state index contributed by atoms with van der Waals surface area (Å²) in [4.78, 5) is 0. The van der Waals surface area contributed by atoms with Gasteiger partial charge in [-0.1, -0.05) is 0 Å². The molecule has 0 nitrogen and oxygen atoms in total. The number of hydrogen-bond donors (Lipinski definition) is 0. The Morgan fingerprint density at radius 3 is 1.20 bits per heavy atom. The summed E-state index contributed by atoms with van der Waals surface area (Å²) in [6, 6.07) is 0. The molecule has 0 saturated heterocycles. The standard InChI is InChI=1S/Cl2F2P/c1-5(2,3)4/q+1. The molecule has 0 aliphatic carbocycles. The van der Waals surface area contributed by atoms with E-state index in [-0.39, 0.29) is 0 Å². The molecule has 0 aromatic carbocycles. The van der Waals surface area contributed by atoms with Gasteiger partial charge in [-0.25, -0.2) is 0 Å². The van der Waals surface area contributed by atoms with E-state index < -0.39 is 6.59 Å². The summed E-state index contributed by atoms with van der Waals surface area (Å²) >= 11 is 8.15. The van der Waals surface area contributed by atoms with E-state index in [2.05, 4.69) is 22.5 Å². The van der Waals surface area contributed by atoms with Gasteiger partial charge in [-0.2, -0.15) is 0 Å². The van der Waals surface area contributed by atoms with Gasteiger partial charge in [0.05, 0.1) is 0 Å². The van der Waals surface area contributed by atoms with Gasteiger partial charge < -0.3 is 0 Å². The highest BCUT2D eigenvalue weighted by Crippen LogP contribution is 2.72. The Balaban J connectivity index is 3.02. The van der Waals surface area contributed by atoms with Gasteiger partial charge in [0.1, 0.15) is 0 Å². The zero-order chi connectivity index (χ0) is 4.50. The molecular weight excluding hydrogens is 140 g/mol. The van der Waals surface area contributed by atoms with Gasteiger partial charge >= 0.3 is 6.59 Å². The third kappa shape index (κ3) is 53.0. The maximum absolute atomic E-state index is 10.7. The maximum Gasteiger partial charge on any atom is 0.582 e. The summed E-state index contributed by atoms with van der Waals surface area (Å²) in [5.74, 6) is 0. The van der Waals surface area contributed by atoms with E-state index in [0.29, 0.717) is 0 Å². The quantitative estimate of drug-likeness (QED) is 0.453. The van der Waals surface area contributed by atoms with Crippen molar-refractivity contribution in [2.24, 2.45) is 0 Å². The first kappa shape index (κ1) is 5.87. The van der Waals surface area contributed by atoms with E-state index in [4.69, 9.17) is 0 Å². The largest absolute Gasteiger partial charge is 0.582 e. The molecular formula is Cl2F2P+. The maximum atomic E-state index is 10.7.